The Hall–Kier alpha value is 0.0649. The molecule has 2 radical (unpaired) electrons. The Labute approximate surface area is 73.2 Å². The van der Waals surface area contributed by atoms with Crippen molar-refractivity contribution >= 4 is 7.85 Å². The molecule has 1 heteroatoms. The fraction of sp³-hybridized carbons (Fsp3) is 1.00. The van der Waals surface area contributed by atoms with Gasteiger partial charge in [-0.25, -0.2) is 0 Å². The molecular weight excluding hydrogens is 131 g/mol. The monoisotopic (exact) mass is 152 g/mol. The van der Waals surface area contributed by atoms with E-state index >= 15 is 0 Å². The molecule has 0 aromatic carbocycles. The second-order valence-electron chi connectivity index (χ2n) is 3.08. The van der Waals surface area contributed by atoms with E-state index in [1.54, 1.807) is 0 Å². The maximum atomic E-state index is 5.37. The summed E-state index contributed by atoms with van der Waals surface area (Å²) in [6.45, 7) is 4.00. The Morgan fingerprint density at radius 1 is 1.18 bits per heavy atom. The normalized spacial score (nSPS) is 16.5. The van der Waals surface area contributed by atoms with Crippen LogP contribution < -0.4 is 0 Å². The van der Waals surface area contributed by atoms with Crippen molar-refractivity contribution in [2.24, 2.45) is 5.92 Å². The molecule has 1 fully saturated rings. The van der Waals surface area contributed by atoms with Gasteiger partial charge >= 0.3 is 0 Å². The smallest absolute Gasteiger partial charge is 0.0653 e. The molecule has 0 saturated heterocycles. The van der Waals surface area contributed by atoms with E-state index in [1.165, 1.54) is 38.5 Å². The fourth-order valence-electron chi connectivity index (χ4n) is 1.36. The topological polar surface area (TPSA) is 0 Å². The van der Waals surface area contributed by atoms with Gasteiger partial charge in [-0.1, -0.05) is 58.7 Å². The van der Waals surface area contributed by atoms with Gasteiger partial charge in [-0.15, -0.1) is 0 Å². The standard InChI is InChI=1S/C8H15B.C2H6/c9-7-2-1-4-8-5-3-6-8;1-2/h8H,1-7H2;1-2H3. The van der Waals surface area contributed by atoms with Crippen molar-refractivity contribution in [1.29, 1.82) is 0 Å². The first kappa shape index (κ1) is 11.1. The molecule has 0 aromatic heterocycles. The van der Waals surface area contributed by atoms with E-state index in [-0.39, 0.29) is 0 Å². The lowest BCUT2D eigenvalue weighted by Crippen LogP contribution is -2.10. The van der Waals surface area contributed by atoms with Gasteiger partial charge in [0.15, 0.2) is 0 Å². The first-order chi connectivity index (χ1) is 5.43. The molecule has 0 heterocycles. The zero-order chi connectivity index (χ0) is 8.53. The van der Waals surface area contributed by atoms with Gasteiger partial charge in [0.2, 0.25) is 0 Å². The highest BCUT2D eigenvalue weighted by Crippen LogP contribution is 2.30. The first-order valence-corrected chi connectivity index (χ1v) is 5.13. The molecule has 0 N–H and O–H groups in total. The minimum Gasteiger partial charge on any atom is -0.0887 e. The highest BCUT2D eigenvalue weighted by molar-refractivity contribution is 6.08. The van der Waals surface area contributed by atoms with E-state index < -0.39 is 0 Å². The van der Waals surface area contributed by atoms with Crippen LogP contribution in [0, 0.1) is 5.92 Å². The molecule has 0 amide bonds. The summed E-state index contributed by atoms with van der Waals surface area (Å²) in [5, 5.41) is 0. The lowest BCUT2D eigenvalue weighted by molar-refractivity contribution is 0.289. The van der Waals surface area contributed by atoms with E-state index in [9.17, 15) is 0 Å². The predicted octanol–water partition coefficient (Wildman–Crippen LogP) is 3.57. The van der Waals surface area contributed by atoms with Crippen molar-refractivity contribution in [3.05, 3.63) is 0 Å². The lowest BCUT2D eigenvalue weighted by Gasteiger charge is -2.24. The summed E-state index contributed by atoms with van der Waals surface area (Å²) >= 11 is 0. The molecule has 0 unspecified atom stereocenters. The maximum absolute atomic E-state index is 5.37. The van der Waals surface area contributed by atoms with Crippen molar-refractivity contribution < 1.29 is 0 Å². The van der Waals surface area contributed by atoms with E-state index in [0.717, 1.165) is 12.2 Å². The van der Waals surface area contributed by atoms with Crippen LogP contribution in [0.25, 0.3) is 0 Å². The van der Waals surface area contributed by atoms with Crippen molar-refractivity contribution in [2.45, 2.75) is 58.7 Å². The minimum absolute atomic E-state index is 0.882. The number of hydrogen-bond donors (Lipinski definition) is 0. The lowest BCUT2D eigenvalue weighted by atomic mass is 9.81. The van der Waals surface area contributed by atoms with Gasteiger partial charge in [0, 0.05) is 0 Å². The van der Waals surface area contributed by atoms with Gasteiger partial charge in [0.05, 0.1) is 7.85 Å². The molecule has 0 aliphatic heterocycles. The van der Waals surface area contributed by atoms with Gasteiger partial charge in [0.25, 0.3) is 0 Å². The second-order valence-corrected chi connectivity index (χ2v) is 3.08. The summed E-state index contributed by atoms with van der Waals surface area (Å²) in [5.74, 6) is 1.08. The zero-order valence-electron chi connectivity index (χ0n) is 8.10. The molecule has 0 aromatic rings. The van der Waals surface area contributed by atoms with Crippen LogP contribution >= 0.6 is 0 Å². The summed E-state index contributed by atoms with van der Waals surface area (Å²) in [7, 11) is 5.37. The van der Waals surface area contributed by atoms with Crippen LogP contribution in [0.1, 0.15) is 52.4 Å². The van der Waals surface area contributed by atoms with Crippen molar-refractivity contribution in [3.63, 3.8) is 0 Å². The van der Waals surface area contributed by atoms with E-state index in [1.807, 2.05) is 13.8 Å². The Bertz CT molecular complexity index is 67.3. The summed E-state index contributed by atoms with van der Waals surface area (Å²) in [6.07, 6.45) is 9.38. The molecule has 0 spiro atoms. The predicted molar refractivity (Wildman–Crippen MR) is 53.1 cm³/mol. The average molecular weight is 152 g/mol. The Kier molecular flexibility index (Phi) is 8.21. The minimum atomic E-state index is 0.882. The molecule has 11 heavy (non-hydrogen) atoms. The van der Waals surface area contributed by atoms with Gasteiger partial charge in [-0.3, -0.25) is 0 Å². The maximum Gasteiger partial charge on any atom is 0.0653 e. The van der Waals surface area contributed by atoms with Gasteiger partial charge in [-0.2, -0.15) is 0 Å². The molecule has 1 aliphatic rings. The quantitative estimate of drug-likeness (QED) is 0.426. The molecule has 1 rings (SSSR count). The highest BCUT2D eigenvalue weighted by atomic mass is 14.2. The molecule has 1 aliphatic carbocycles. The van der Waals surface area contributed by atoms with Gasteiger partial charge in [0.1, 0.15) is 0 Å². The molecule has 0 atom stereocenters. The fourth-order valence-corrected chi connectivity index (χ4v) is 1.36. The van der Waals surface area contributed by atoms with Gasteiger partial charge < -0.3 is 0 Å². The van der Waals surface area contributed by atoms with Gasteiger partial charge in [-0.05, 0) is 5.92 Å². The highest BCUT2D eigenvalue weighted by Gasteiger charge is 2.15. The third-order valence-corrected chi connectivity index (χ3v) is 2.29. The average Bonchev–Trinajstić information content (AvgIpc) is 1.99. The van der Waals surface area contributed by atoms with Crippen LogP contribution in [0.5, 0.6) is 0 Å². The van der Waals surface area contributed by atoms with Crippen LogP contribution in [0.15, 0.2) is 0 Å². The SMILES string of the molecule is CC.[B]CCCCC1CCC1. The van der Waals surface area contributed by atoms with Crippen LogP contribution in [-0.2, 0) is 0 Å². The Balaban J connectivity index is 0.000000461. The molecule has 1 saturated carbocycles. The third-order valence-electron chi connectivity index (χ3n) is 2.29. The Morgan fingerprint density at radius 3 is 2.18 bits per heavy atom. The number of hydrogen-bond acceptors (Lipinski definition) is 0. The molecule has 0 nitrogen and oxygen atoms in total. The molecule has 64 valence electrons. The van der Waals surface area contributed by atoms with Crippen LogP contribution in [0.4, 0.5) is 0 Å². The largest absolute Gasteiger partial charge is 0.0887 e. The van der Waals surface area contributed by atoms with E-state index in [4.69, 9.17) is 7.85 Å². The molecular formula is C10H21B. The summed E-state index contributed by atoms with van der Waals surface area (Å²) in [6, 6.07) is 0. The van der Waals surface area contributed by atoms with Crippen LogP contribution in [0.2, 0.25) is 6.32 Å². The Morgan fingerprint density at radius 2 is 1.82 bits per heavy atom. The van der Waals surface area contributed by atoms with E-state index in [2.05, 4.69) is 0 Å². The molecule has 0 bridgehead atoms. The summed E-state index contributed by atoms with van der Waals surface area (Å²) in [5.41, 5.74) is 0. The number of rotatable bonds is 4. The van der Waals surface area contributed by atoms with Crippen LogP contribution in [0.3, 0.4) is 0 Å². The third kappa shape index (κ3) is 5.35. The van der Waals surface area contributed by atoms with Crippen molar-refractivity contribution in [3.8, 4) is 0 Å². The summed E-state index contributed by atoms with van der Waals surface area (Å²) < 4.78 is 0. The van der Waals surface area contributed by atoms with E-state index in [0.29, 0.717) is 0 Å². The van der Waals surface area contributed by atoms with Crippen molar-refractivity contribution in [1.82, 2.24) is 0 Å². The number of unbranched alkanes of at least 4 members (excludes halogenated alkanes) is 1. The van der Waals surface area contributed by atoms with Crippen LogP contribution in [-0.4, -0.2) is 7.85 Å². The van der Waals surface area contributed by atoms with Crippen molar-refractivity contribution in [2.75, 3.05) is 0 Å². The second kappa shape index (κ2) is 8.16. The summed E-state index contributed by atoms with van der Waals surface area (Å²) in [4.78, 5) is 0. The zero-order valence-corrected chi connectivity index (χ0v) is 8.10. The first-order valence-electron chi connectivity index (χ1n) is 5.13.